The van der Waals surface area contributed by atoms with Crippen molar-refractivity contribution in [3.05, 3.63) is 51.5 Å². The Morgan fingerprint density at radius 3 is 2.43 bits per heavy atom. The first-order valence-corrected chi connectivity index (χ1v) is 7.72. The lowest BCUT2D eigenvalue weighted by Crippen LogP contribution is -2.14. The summed E-state index contributed by atoms with van der Waals surface area (Å²) in [5.74, 6) is -0.897. The van der Waals surface area contributed by atoms with E-state index < -0.39 is 5.97 Å². The monoisotopic (exact) mass is 304 g/mol. The average molecular weight is 304 g/mol. The number of benzene rings is 1. The van der Waals surface area contributed by atoms with Gasteiger partial charge in [0, 0.05) is 23.9 Å². The molecule has 1 aromatic heterocycles. The highest BCUT2D eigenvalue weighted by Crippen LogP contribution is 2.25. The Balaban J connectivity index is 1.86. The number of hydrogen-bond acceptors (Lipinski definition) is 4. The lowest BCUT2D eigenvalue weighted by molar-refractivity contribution is 0.0697. The molecule has 4 nitrogen and oxygen atoms in total. The van der Waals surface area contributed by atoms with Crippen LogP contribution in [0.25, 0.3) is 0 Å². The van der Waals surface area contributed by atoms with Crippen molar-refractivity contribution in [3.63, 3.8) is 0 Å². The summed E-state index contributed by atoms with van der Waals surface area (Å²) in [5.41, 5.74) is 2.52. The Kier molecular flexibility index (Phi) is 4.75. The van der Waals surface area contributed by atoms with Crippen molar-refractivity contribution in [2.45, 2.75) is 39.3 Å². The van der Waals surface area contributed by atoms with Gasteiger partial charge in [-0.05, 0) is 17.7 Å². The number of carboxylic acid groups (broad SMARTS) is 1. The summed E-state index contributed by atoms with van der Waals surface area (Å²) < 4.78 is 0. The molecule has 0 amide bonds. The SMILES string of the molecule is CC(C)(C)c1nc(CNCc2ccc(C(=O)O)cc2)cs1. The predicted octanol–water partition coefficient (Wildman–Crippen LogP) is 3.43. The summed E-state index contributed by atoms with van der Waals surface area (Å²) in [6.07, 6.45) is 0. The second kappa shape index (κ2) is 6.37. The topological polar surface area (TPSA) is 62.2 Å². The third kappa shape index (κ3) is 4.37. The van der Waals surface area contributed by atoms with Gasteiger partial charge in [-0.2, -0.15) is 0 Å². The van der Waals surface area contributed by atoms with Crippen LogP contribution in [0.3, 0.4) is 0 Å². The van der Waals surface area contributed by atoms with Gasteiger partial charge in [0.2, 0.25) is 0 Å². The van der Waals surface area contributed by atoms with Crippen LogP contribution in [0.2, 0.25) is 0 Å². The van der Waals surface area contributed by atoms with E-state index in [1.54, 1.807) is 23.5 Å². The number of nitrogens with zero attached hydrogens (tertiary/aromatic N) is 1. The first kappa shape index (κ1) is 15.7. The number of hydrogen-bond donors (Lipinski definition) is 2. The Bertz CT molecular complexity index is 612. The molecule has 21 heavy (non-hydrogen) atoms. The number of aromatic nitrogens is 1. The molecule has 1 aromatic carbocycles. The van der Waals surface area contributed by atoms with Crippen molar-refractivity contribution < 1.29 is 9.90 Å². The van der Waals surface area contributed by atoms with Crippen LogP contribution in [0.5, 0.6) is 0 Å². The van der Waals surface area contributed by atoms with Crippen molar-refractivity contribution in [2.75, 3.05) is 0 Å². The third-order valence-electron chi connectivity index (χ3n) is 3.03. The van der Waals surface area contributed by atoms with Gasteiger partial charge in [0.1, 0.15) is 0 Å². The first-order chi connectivity index (χ1) is 9.86. The molecule has 112 valence electrons. The second-order valence-electron chi connectivity index (χ2n) is 6.00. The molecule has 0 saturated heterocycles. The van der Waals surface area contributed by atoms with E-state index >= 15 is 0 Å². The van der Waals surface area contributed by atoms with E-state index in [0.717, 1.165) is 16.3 Å². The molecule has 0 aliphatic heterocycles. The van der Waals surface area contributed by atoms with E-state index in [4.69, 9.17) is 5.11 Å². The Hall–Kier alpha value is -1.72. The smallest absolute Gasteiger partial charge is 0.335 e. The summed E-state index contributed by atoms with van der Waals surface area (Å²) in [7, 11) is 0. The number of carboxylic acids is 1. The molecule has 2 aromatic rings. The lowest BCUT2D eigenvalue weighted by Gasteiger charge is -2.13. The third-order valence-corrected chi connectivity index (χ3v) is 4.35. The number of carbonyl (C=O) groups is 1. The number of thiazole rings is 1. The Morgan fingerprint density at radius 1 is 1.24 bits per heavy atom. The summed E-state index contributed by atoms with van der Waals surface area (Å²) >= 11 is 1.69. The van der Waals surface area contributed by atoms with Gasteiger partial charge in [-0.25, -0.2) is 9.78 Å². The van der Waals surface area contributed by atoms with Crippen molar-refractivity contribution in [1.29, 1.82) is 0 Å². The highest BCUT2D eigenvalue weighted by molar-refractivity contribution is 7.09. The van der Waals surface area contributed by atoms with E-state index in [1.165, 1.54) is 0 Å². The molecule has 0 atom stereocenters. The lowest BCUT2D eigenvalue weighted by atomic mass is 9.98. The molecule has 0 aliphatic rings. The van der Waals surface area contributed by atoms with Gasteiger partial charge in [0.15, 0.2) is 0 Å². The zero-order valence-electron chi connectivity index (χ0n) is 12.5. The molecule has 1 heterocycles. The fraction of sp³-hybridized carbons (Fsp3) is 0.375. The summed E-state index contributed by atoms with van der Waals surface area (Å²) in [6, 6.07) is 6.91. The summed E-state index contributed by atoms with van der Waals surface area (Å²) in [4.78, 5) is 15.4. The van der Waals surface area contributed by atoms with Crippen LogP contribution in [0.15, 0.2) is 29.6 Å². The zero-order chi connectivity index (χ0) is 15.5. The van der Waals surface area contributed by atoms with Gasteiger partial charge >= 0.3 is 5.97 Å². The summed E-state index contributed by atoms with van der Waals surface area (Å²) in [6.45, 7) is 7.89. The standard InChI is InChI=1S/C16H20N2O2S/c1-16(2,3)15-18-13(10-21-15)9-17-8-11-4-6-12(7-5-11)14(19)20/h4-7,10,17H,8-9H2,1-3H3,(H,19,20). The van der Waals surface area contributed by atoms with Crippen molar-refractivity contribution in [1.82, 2.24) is 10.3 Å². The maximum Gasteiger partial charge on any atom is 0.335 e. The predicted molar refractivity (Wildman–Crippen MR) is 84.8 cm³/mol. The molecule has 0 fully saturated rings. The van der Waals surface area contributed by atoms with Crippen LogP contribution in [0, 0.1) is 0 Å². The van der Waals surface area contributed by atoms with E-state index in [2.05, 4.69) is 36.5 Å². The maximum absolute atomic E-state index is 10.8. The van der Waals surface area contributed by atoms with E-state index in [-0.39, 0.29) is 5.41 Å². The van der Waals surface area contributed by atoms with E-state index in [0.29, 0.717) is 18.7 Å². The highest BCUT2D eigenvalue weighted by Gasteiger charge is 2.17. The first-order valence-electron chi connectivity index (χ1n) is 6.84. The highest BCUT2D eigenvalue weighted by atomic mass is 32.1. The molecule has 0 spiro atoms. The quantitative estimate of drug-likeness (QED) is 0.888. The molecular formula is C16H20N2O2S. The van der Waals surface area contributed by atoms with Crippen LogP contribution in [-0.2, 0) is 18.5 Å². The molecule has 0 unspecified atom stereocenters. The van der Waals surface area contributed by atoms with Crippen molar-refractivity contribution in [3.8, 4) is 0 Å². The summed E-state index contributed by atoms with van der Waals surface area (Å²) in [5, 5.41) is 15.4. The molecule has 2 rings (SSSR count). The van der Waals surface area contributed by atoms with Gasteiger partial charge in [-0.3, -0.25) is 0 Å². The van der Waals surface area contributed by atoms with Gasteiger partial charge in [-0.15, -0.1) is 11.3 Å². The van der Waals surface area contributed by atoms with Gasteiger partial charge in [-0.1, -0.05) is 32.9 Å². The fourth-order valence-electron chi connectivity index (χ4n) is 1.83. The molecule has 0 radical (unpaired) electrons. The van der Waals surface area contributed by atoms with Crippen LogP contribution in [0.1, 0.15) is 47.4 Å². The molecule has 0 bridgehead atoms. The van der Waals surface area contributed by atoms with Gasteiger partial charge in [0.25, 0.3) is 0 Å². The normalized spacial score (nSPS) is 11.6. The van der Waals surface area contributed by atoms with Gasteiger partial charge in [0.05, 0.1) is 16.3 Å². The Morgan fingerprint density at radius 2 is 1.90 bits per heavy atom. The molecular weight excluding hydrogens is 284 g/mol. The van der Waals surface area contributed by atoms with E-state index in [9.17, 15) is 4.79 Å². The zero-order valence-corrected chi connectivity index (χ0v) is 13.3. The number of aromatic carboxylic acids is 1. The maximum atomic E-state index is 10.8. The molecule has 0 saturated carbocycles. The Labute approximate surface area is 128 Å². The van der Waals surface area contributed by atoms with E-state index in [1.807, 2.05) is 12.1 Å². The number of rotatable bonds is 5. The minimum Gasteiger partial charge on any atom is -0.478 e. The average Bonchev–Trinajstić information content (AvgIpc) is 2.88. The number of nitrogens with one attached hydrogen (secondary N) is 1. The molecule has 5 heteroatoms. The van der Waals surface area contributed by atoms with Crippen LogP contribution >= 0.6 is 11.3 Å². The molecule has 2 N–H and O–H groups in total. The van der Waals surface area contributed by atoms with Crippen LogP contribution in [-0.4, -0.2) is 16.1 Å². The largest absolute Gasteiger partial charge is 0.478 e. The van der Waals surface area contributed by atoms with Crippen molar-refractivity contribution >= 4 is 17.3 Å². The minimum atomic E-state index is -0.897. The minimum absolute atomic E-state index is 0.0928. The molecule has 0 aliphatic carbocycles. The second-order valence-corrected chi connectivity index (χ2v) is 6.86. The fourth-order valence-corrected chi connectivity index (χ4v) is 2.74. The van der Waals surface area contributed by atoms with Crippen LogP contribution in [0.4, 0.5) is 0 Å². The van der Waals surface area contributed by atoms with Crippen LogP contribution < -0.4 is 5.32 Å². The van der Waals surface area contributed by atoms with Gasteiger partial charge < -0.3 is 10.4 Å². The van der Waals surface area contributed by atoms with Crippen molar-refractivity contribution in [2.24, 2.45) is 0 Å².